The third-order valence-electron chi connectivity index (χ3n) is 2.86. The Balaban J connectivity index is 2.76. The molecular formula is C11H18N2O7. The van der Waals surface area contributed by atoms with Crippen LogP contribution in [0.15, 0.2) is 11.8 Å². The van der Waals surface area contributed by atoms with Crippen LogP contribution < -0.4 is 11.1 Å². The average Bonchev–Trinajstić information content (AvgIpc) is 2.37. The Morgan fingerprint density at radius 1 is 1.50 bits per heavy atom. The summed E-state index contributed by atoms with van der Waals surface area (Å²) in [6, 6.07) is -1.11. The van der Waals surface area contributed by atoms with Crippen molar-refractivity contribution in [1.29, 1.82) is 0 Å². The number of aliphatic hydroxyl groups is 3. The highest BCUT2D eigenvalue weighted by Gasteiger charge is 2.40. The van der Waals surface area contributed by atoms with Crippen molar-refractivity contribution in [2.45, 2.75) is 37.4 Å². The van der Waals surface area contributed by atoms with Gasteiger partial charge in [-0.15, -0.1) is 0 Å². The SMILES string of the molecule is CC(=O)NC[C@H](O)[C@H](O)C1OC(C(=O)O)=CC(O)[C@H]1N. The largest absolute Gasteiger partial charge is 0.479 e. The first-order valence-electron chi connectivity index (χ1n) is 5.90. The minimum atomic E-state index is -1.57. The van der Waals surface area contributed by atoms with E-state index in [2.05, 4.69) is 5.32 Å². The summed E-state index contributed by atoms with van der Waals surface area (Å²) >= 11 is 0. The van der Waals surface area contributed by atoms with E-state index in [1.54, 1.807) is 0 Å². The number of rotatable bonds is 5. The molecule has 9 heteroatoms. The topological polar surface area (TPSA) is 162 Å². The van der Waals surface area contributed by atoms with Crippen LogP contribution in [0.1, 0.15) is 6.92 Å². The van der Waals surface area contributed by atoms with Crippen LogP contribution >= 0.6 is 0 Å². The highest BCUT2D eigenvalue weighted by Crippen LogP contribution is 2.21. The zero-order chi connectivity index (χ0) is 15.4. The van der Waals surface area contributed by atoms with Crippen molar-refractivity contribution in [3.8, 4) is 0 Å². The average molecular weight is 290 g/mol. The molecule has 20 heavy (non-hydrogen) atoms. The minimum Gasteiger partial charge on any atom is -0.479 e. The summed E-state index contributed by atoms with van der Waals surface area (Å²) in [4.78, 5) is 21.5. The number of nitrogens with one attached hydrogen (secondary N) is 1. The number of ether oxygens (including phenoxy) is 1. The monoisotopic (exact) mass is 290 g/mol. The van der Waals surface area contributed by atoms with E-state index in [1.165, 1.54) is 6.92 Å². The molecule has 0 aromatic carbocycles. The number of carboxylic acids is 1. The van der Waals surface area contributed by atoms with Crippen molar-refractivity contribution in [3.05, 3.63) is 11.8 Å². The first-order chi connectivity index (χ1) is 9.23. The Bertz CT molecular complexity index is 412. The van der Waals surface area contributed by atoms with Gasteiger partial charge in [0.15, 0.2) is 0 Å². The van der Waals surface area contributed by atoms with Gasteiger partial charge in [0.1, 0.15) is 18.3 Å². The Hall–Kier alpha value is -1.68. The molecule has 5 atom stereocenters. The molecule has 1 heterocycles. The van der Waals surface area contributed by atoms with E-state index in [1.807, 2.05) is 0 Å². The van der Waals surface area contributed by atoms with Gasteiger partial charge in [0.05, 0.1) is 12.1 Å². The molecule has 9 nitrogen and oxygen atoms in total. The molecule has 2 unspecified atom stereocenters. The van der Waals surface area contributed by atoms with E-state index >= 15 is 0 Å². The lowest BCUT2D eigenvalue weighted by atomic mass is 9.94. The predicted octanol–water partition coefficient (Wildman–Crippen LogP) is -3.10. The van der Waals surface area contributed by atoms with Crippen molar-refractivity contribution >= 4 is 11.9 Å². The van der Waals surface area contributed by atoms with Gasteiger partial charge in [0.2, 0.25) is 11.7 Å². The van der Waals surface area contributed by atoms with Gasteiger partial charge in [-0.2, -0.15) is 0 Å². The summed E-state index contributed by atoms with van der Waals surface area (Å²) in [7, 11) is 0. The van der Waals surface area contributed by atoms with Crippen LogP contribution in [0.4, 0.5) is 0 Å². The molecule has 0 bridgehead atoms. The van der Waals surface area contributed by atoms with Gasteiger partial charge in [-0.05, 0) is 6.08 Å². The summed E-state index contributed by atoms with van der Waals surface area (Å²) in [5.74, 6) is -2.39. The van der Waals surface area contributed by atoms with Gasteiger partial charge >= 0.3 is 5.97 Å². The second-order valence-electron chi connectivity index (χ2n) is 4.48. The van der Waals surface area contributed by atoms with E-state index in [0.717, 1.165) is 6.08 Å². The number of carbonyl (C=O) groups is 2. The highest BCUT2D eigenvalue weighted by atomic mass is 16.5. The molecular weight excluding hydrogens is 272 g/mol. The molecule has 7 N–H and O–H groups in total. The molecule has 0 fully saturated rings. The molecule has 0 saturated carbocycles. The Kier molecular flexibility index (Phi) is 5.45. The second kappa shape index (κ2) is 6.66. The Morgan fingerprint density at radius 3 is 2.60 bits per heavy atom. The van der Waals surface area contributed by atoms with Crippen LogP contribution in [0.25, 0.3) is 0 Å². The number of aliphatic hydroxyl groups excluding tert-OH is 3. The van der Waals surface area contributed by atoms with E-state index < -0.39 is 48.1 Å². The number of hydrogen-bond acceptors (Lipinski definition) is 7. The number of aliphatic carboxylic acids is 1. The van der Waals surface area contributed by atoms with E-state index in [-0.39, 0.29) is 6.54 Å². The fraction of sp³-hybridized carbons (Fsp3) is 0.636. The summed E-state index contributed by atoms with van der Waals surface area (Å²) in [5, 5.41) is 40.3. The van der Waals surface area contributed by atoms with Gasteiger partial charge in [-0.1, -0.05) is 0 Å². The number of amides is 1. The lowest BCUT2D eigenvalue weighted by Gasteiger charge is -2.36. The maximum Gasteiger partial charge on any atom is 0.370 e. The summed E-state index contributed by atoms with van der Waals surface area (Å²) in [5.41, 5.74) is 5.61. The van der Waals surface area contributed by atoms with Crippen LogP contribution in [0.5, 0.6) is 0 Å². The molecule has 1 amide bonds. The predicted molar refractivity (Wildman–Crippen MR) is 65.3 cm³/mol. The Labute approximate surface area is 114 Å². The third kappa shape index (κ3) is 3.90. The number of carbonyl (C=O) groups excluding carboxylic acids is 1. The summed E-state index contributed by atoms with van der Waals surface area (Å²) in [6.07, 6.45) is -4.73. The molecule has 0 aliphatic carbocycles. The molecule has 114 valence electrons. The molecule has 1 aliphatic rings. The lowest BCUT2D eigenvalue weighted by Crippen LogP contribution is -2.58. The highest BCUT2D eigenvalue weighted by molar-refractivity contribution is 5.84. The lowest BCUT2D eigenvalue weighted by molar-refractivity contribution is -0.145. The fourth-order valence-corrected chi connectivity index (χ4v) is 1.73. The van der Waals surface area contributed by atoms with Gasteiger partial charge in [0.25, 0.3) is 0 Å². The molecule has 1 aliphatic heterocycles. The molecule has 0 aromatic heterocycles. The van der Waals surface area contributed by atoms with Crippen LogP contribution in [-0.2, 0) is 14.3 Å². The smallest absolute Gasteiger partial charge is 0.370 e. The number of nitrogens with two attached hydrogens (primary N) is 1. The first kappa shape index (κ1) is 16.4. The van der Waals surface area contributed by atoms with E-state index in [9.17, 15) is 24.9 Å². The van der Waals surface area contributed by atoms with E-state index in [0.29, 0.717) is 0 Å². The second-order valence-corrected chi connectivity index (χ2v) is 4.48. The maximum absolute atomic E-state index is 10.8. The van der Waals surface area contributed by atoms with Gasteiger partial charge < -0.3 is 36.2 Å². The molecule has 0 aromatic rings. The normalized spacial score (nSPS) is 28.9. The standard InChI is InChI=1S/C11H18N2O7/c1-4(14)13-3-6(16)9(17)10-8(12)5(15)2-7(20-10)11(18)19/h2,5-6,8-10,15-17H,3,12H2,1H3,(H,13,14)(H,18,19)/t5?,6-,8+,9-,10?/m0/s1. The molecule has 1 rings (SSSR count). The number of carboxylic acid groups (broad SMARTS) is 1. The van der Waals surface area contributed by atoms with Gasteiger partial charge in [-0.3, -0.25) is 4.79 Å². The van der Waals surface area contributed by atoms with Crippen molar-refractivity contribution in [1.82, 2.24) is 5.32 Å². The van der Waals surface area contributed by atoms with Crippen molar-refractivity contribution < 1.29 is 34.8 Å². The fourth-order valence-electron chi connectivity index (χ4n) is 1.73. The zero-order valence-electron chi connectivity index (χ0n) is 10.8. The number of hydrogen-bond donors (Lipinski definition) is 6. The summed E-state index contributed by atoms with van der Waals surface area (Å²) in [6.45, 7) is 0.974. The maximum atomic E-state index is 10.8. The van der Waals surface area contributed by atoms with Gasteiger partial charge in [0, 0.05) is 13.5 Å². The van der Waals surface area contributed by atoms with Crippen molar-refractivity contribution in [2.75, 3.05) is 6.54 Å². The first-order valence-corrected chi connectivity index (χ1v) is 5.90. The van der Waals surface area contributed by atoms with Crippen LogP contribution in [0, 0.1) is 0 Å². The quantitative estimate of drug-likeness (QED) is 0.310. The van der Waals surface area contributed by atoms with E-state index in [4.69, 9.17) is 15.6 Å². The molecule has 0 saturated heterocycles. The summed E-state index contributed by atoms with van der Waals surface area (Å²) < 4.78 is 4.97. The molecule has 0 spiro atoms. The zero-order valence-corrected chi connectivity index (χ0v) is 10.8. The van der Waals surface area contributed by atoms with Crippen LogP contribution in [0.2, 0.25) is 0 Å². The van der Waals surface area contributed by atoms with Gasteiger partial charge in [-0.25, -0.2) is 4.79 Å². The minimum absolute atomic E-state index is 0.259. The van der Waals surface area contributed by atoms with Crippen LogP contribution in [0.3, 0.4) is 0 Å². The van der Waals surface area contributed by atoms with Crippen molar-refractivity contribution in [2.24, 2.45) is 5.73 Å². The van der Waals surface area contributed by atoms with Crippen LogP contribution in [-0.4, -0.2) is 69.3 Å². The third-order valence-corrected chi connectivity index (χ3v) is 2.86. The molecule has 0 radical (unpaired) electrons. The van der Waals surface area contributed by atoms with Crippen molar-refractivity contribution in [3.63, 3.8) is 0 Å². The Morgan fingerprint density at radius 2 is 2.10 bits per heavy atom.